The Balaban J connectivity index is 3.91. The summed E-state index contributed by atoms with van der Waals surface area (Å²) in [6, 6.07) is 1.05. The van der Waals surface area contributed by atoms with Crippen molar-refractivity contribution in [3.8, 4) is 0 Å². The first-order chi connectivity index (χ1) is 12.6. The average molecular weight is 455 g/mol. The summed E-state index contributed by atoms with van der Waals surface area (Å²) >= 11 is 0. The van der Waals surface area contributed by atoms with Crippen molar-refractivity contribution in [2.45, 2.75) is 36.8 Å². The predicted octanol–water partition coefficient (Wildman–Crippen LogP) is 6.08. The molecule has 0 bridgehead atoms. The molecular weight excluding hydrogens is 449 g/mol. The maximum absolute atomic E-state index is 13.9. The highest BCUT2D eigenvalue weighted by atomic mass is 19.4. The van der Waals surface area contributed by atoms with Gasteiger partial charge in [0, 0.05) is 18.6 Å². The molecule has 1 rings (SSSR count). The van der Waals surface area contributed by atoms with Crippen LogP contribution in [0.4, 0.5) is 62.8 Å². The first-order valence-electron chi connectivity index (χ1n) is 6.82. The van der Waals surface area contributed by atoms with Gasteiger partial charge in [-0.25, -0.2) is 0 Å². The molecule has 0 atom stereocenters. The molecule has 0 heterocycles. The molecule has 0 saturated carbocycles. The van der Waals surface area contributed by atoms with Crippen LogP contribution in [-0.2, 0) is 6.42 Å². The molecule has 0 radical (unpaired) electrons. The van der Waals surface area contributed by atoms with Gasteiger partial charge in [0.15, 0.2) is 0 Å². The summed E-state index contributed by atoms with van der Waals surface area (Å²) in [5.41, 5.74) is -9.72. The minimum Gasteiger partial charge on any atom is -0.258 e. The van der Waals surface area contributed by atoms with Gasteiger partial charge in [-0.05, 0) is 5.56 Å². The van der Waals surface area contributed by atoms with Gasteiger partial charge in [0.05, 0.1) is 4.92 Å². The van der Waals surface area contributed by atoms with Crippen LogP contribution < -0.4 is 0 Å². The zero-order chi connectivity index (χ0) is 23.3. The molecule has 0 amide bonds. The third-order valence-electron chi connectivity index (χ3n) is 3.84. The SMILES string of the molecule is O=[N+]([O-])c1cccc(CC(C(F)(F)F)(C(F)(F)F)C(F)(F)C(F)(F)C(F)(F)F)c1. The molecule has 0 saturated heterocycles. The van der Waals surface area contributed by atoms with Crippen molar-refractivity contribution in [2.24, 2.45) is 5.41 Å². The Labute approximate surface area is 151 Å². The van der Waals surface area contributed by atoms with Crippen LogP contribution in [0, 0.1) is 15.5 Å². The standard InChI is InChI=1S/C13H6F13NO2/c14-9(15,10(16,17)13(24,25)26)8(11(18,19)20,12(21,22)23)5-6-2-1-3-7(4-6)27(28)29/h1-4H,5H2. The number of rotatable bonds is 5. The van der Waals surface area contributed by atoms with Gasteiger partial charge < -0.3 is 0 Å². The fourth-order valence-corrected chi connectivity index (χ4v) is 2.36. The first-order valence-corrected chi connectivity index (χ1v) is 6.82. The van der Waals surface area contributed by atoms with E-state index in [1.165, 1.54) is 0 Å². The van der Waals surface area contributed by atoms with E-state index in [2.05, 4.69) is 0 Å². The van der Waals surface area contributed by atoms with E-state index >= 15 is 0 Å². The number of nitro benzene ring substituents is 1. The van der Waals surface area contributed by atoms with Gasteiger partial charge in [-0.3, -0.25) is 10.1 Å². The summed E-state index contributed by atoms with van der Waals surface area (Å²) in [5, 5.41) is 10.5. The Morgan fingerprint density at radius 2 is 1.17 bits per heavy atom. The quantitative estimate of drug-likeness (QED) is 0.307. The zero-order valence-corrected chi connectivity index (χ0v) is 13.2. The Morgan fingerprint density at radius 1 is 0.724 bits per heavy atom. The fourth-order valence-electron chi connectivity index (χ4n) is 2.36. The van der Waals surface area contributed by atoms with Crippen LogP contribution >= 0.6 is 0 Å². The number of alkyl halides is 13. The highest BCUT2D eigenvalue weighted by Crippen LogP contribution is 2.66. The number of non-ortho nitro benzene ring substituents is 1. The molecule has 3 nitrogen and oxygen atoms in total. The largest absolute Gasteiger partial charge is 0.459 e. The third kappa shape index (κ3) is 3.80. The summed E-state index contributed by atoms with van der Waals surface area (Å²) in [6.07, 6.45) is -25.4. The van der Waals surface area contributed by atoms with Crippen LogP contribution in [0.3, 0.4) is 0 Å². The molecule has 0 unspecified atom stereocenters. The number of hydrogen-bond acceptors (Lipinski definition) is 2. The van der Waals surface area contributed by atoms with Gasteiger partial charge in [-0.15, -0.1) is 0 Å². The molecule has 0 aliphatic heterocycles. The highest BCUT2D eigenvalue weighted by molar-refractivity contribution is 5.35. The lowest BCUT2D eigenvalue weighted by Gasteiger charge is -2.45. The lowest BCUT2D eigenvalue weighted by atomic mass is 9.71. The third-order valence-corrected chi connectivity index (χ3v) is 3.84. The Hall–Kier alpha value is -2.29. The second-order valence-corrected chi connectivity index (χ2v) is 5.65. The second-order valence-electron chi connectivity index (χ2n) is 5.65. The molecule has 1 aromatic carbocycles. The lowest BCUT2D eigenvalue weighted by molar-refractivity contribution is -0.460. The monoisotopic (exact) mass is 455 g/mol. The summed E-state index contributed by atoms with van der Waals surface area (Å²) < 4.78 is 170. The van der Waals surface area contributed by atoms with Crippen LogP contribution in [0.25, 0.3) is 0 Å². The van der Waals surface area contributed by atoms with E-state index in [4.69, 9.17) is 0 Å². The molecule has 166 valence electrons. The van der Waals surface area contributed by atoms with Crippen molar-refractivity contribution in [3.63, 3.8) is 0 Å². The Bertz CT molecular complexity index is 749. The van der Waals surface area contributed by atoms with Gasteiger partial charge in [0.25, 0.3) is 5.69 Å². The average Bonchev–Trinajstić information content (AvgIpc) is 2.48. The van der Waals surface area contributed by atoms with Crippen LogP contribution in [0.1, 0.15) is 5.56 Å². The van der Waals surface area contributed by atoms with Gasteiger partial charge in [-0.2, -0.15) is 57.1 Å². The van der Waals surface area contributed by atoms with E-state index in [1.54, 1.807) is 0 Å². The molecule has 0 aromatic heterocycles. The normalized spacial score (nSPS) is 14.8. The molecule has 0 fully saturated rings. The molecule has 16 heteroatoms. The lowest BCUT2D eigenvalue weighted by Crippen LogP contribution is -2.71. The number of nitrogens with zero attached hydrogens (tertiary/aromatic N) is 1. The van der Waals surface area contributed by atoms with Crippen molar-refractivity contribution in [2.75, 3.05) is 0 Å². The van der Waals surface area contributed by atoms with Gasteiger partial charge in [0.2, 0.25) is 5.41 Å². The predicted molar refractivity (Wildman–Crippen MR) is 67.3 cm³/mol. The Kier molecular flexibility index (Phi) is 5.89. The summed E-state index contributed by atoms with van der Waals surface area (Å²) in [7, 11) is 0. The van der Waals surface area contributed by atoms with Crippen LogP contribution in [-0.4, -0.2) is 35.3 Å². The molecule has 0 N–H and O–H groups in total. The van der Waals surface area contributed by atoms with Crippen molar-refractivity contribution in [1.82, 2.24) is 0 Å². The van der Waals surface area contributed by atoms with E-state index in [0.29, 0.717) is 12.1 Å². The van der Waals surface area contributed by atoms with E-state index in [0.717, 1.165) is 0 Å². The summed E-state index contributed by atoms with van der Waals surface area (Å²) in [4.78, 5) is 9.18. The number of hydrogen-bond donors (Lipinski definition) is 0. The van der Waals surface area contributed by atoms with Gasteiger partial charge in [-0.1, -0.05) is 12.1 Å². The maximum atomic E-state index is 13.9. The smallest absolute Gasteiger partial charge is 0.258 e. The molecule has 1 aromatic rings. The van der Waals surface area contributed by atoms with E-state index < -0.39 is 58.4 Å². The number of nitro groups is 1. The van der Waals surface area contributed by atoms with Gasteiger partial charge >= 0.3 is 30.4 Å². The second kappa shape index (κ2) is 6.90. The van der Waals surface area contributed by atoms with E-state index in [1.807, 2.05) is 0 Å². The van der Waals surface area contributed by atoms with Crippen LogP contribution in [0.15, 0.2) is 24.3 Å². The van der Waals surface area contributed by atoms with Crippen molar-refractivity contribution in [3.05, 3.63) is 39.9 Å². The van der Waals surface area contributed by atoms with Crippen molar-refractivity contribution < 1.29 is 62.0 Å². The molecule has 29 heavy (non-hydrogen) atoms. The zero-order valence-electron chi connectivity index (χ0n) is 13.2. The maximum Gasteiger partial charge on any atom is 0.459 e. The van der Waals surface area contributed by atoms with Crippen molar-refractivity contribution in [1.29, 1.82) is 0 Å². The molecule has 0 spiro atoms. The minimum absolute atomic E-state index is 0.0892. The number of halogens is 13. The topological polar surface area (TPSA) is 43.1 Å². The highest BCUT2D eigenvalue weighted by Gasteiger charge is 2.91. The van der Waals surface area contributed by atoms with E-state index in [9.17, 15) is 67.2 Å². The molecule has 0 aliphatic rings. The Morgan fingerprint density at radius 3 is 1.52 bits per heavy atom. The first kappa shape index (κ1) is 24.7. The summed E-state index contributed by atoms with van der Waals surface area (Å²) in [6.45, 7) is 0. The molecular formula is C13H6F13NO2. The molecule has 0 aliphatic carbocycles. The summed E-state index contributed by atoms with van der Waals surface area (Å²) in [5.74, 6) is -15.5. The van der Waals surface area contributed by atoms with E-state index in [-0.39, 0.29) is 12.1 Å². The van der Waals surface area contributed by atoms with Crippen molar-refractivity contribution >= 4 is 5.69 Å². The van der Waals surface area contributed by atoms with Gasteiger partial charge in [0.1, 0.15) is 0 Å². The minimum atomic E-state index is -7.78. The fraction of sp³-hybridized carbons (Fsp3) is 0.538. The number of benzene rings is 1. The van der Waals surface area contributed by atoms with Crippen LogP contribution in [0.2, 0.25) is 0 Å². The van der Waals surface area contributed by atoms with Crippen LogP contribution in [0.5, 0.6) is 0 Å².